The van der Waals surface area contributed by atoms with Crippen molar-refractivity contribution in [1.82, 2.24) is 9.80 Å². The van der Waals surface area contributed by atoms with Crippen LogP contribution in [-0.4, -0.2) is 74.9 Å². The van der Waals surface area contributed by atoms with Gasteiger partial charge >= 0.3 is 0 Å². The fourth-order valence-electron chi connectivity index (χ4n) is 6.51. The molecule has 2 aromatic rings. The van der Waals surface area contributed by atoms with Crippen molar-refractivity contribution in [2.45, 2.75) is 143 Å². The molecule has 0 unspecified atom stereocenters. The maximum Gasteiger partial charge on any atom is 0.158 e. The van der Waals surface area contributed by atoms with Crippen molar-refractivity contribution in [2.24, 2.45) is 0 Å². The van der Waals surface area contributed by atoms with E-state index in [0.717, 1.165) is 61.3 Å². The van der Waals surface area contributed by atoms with Gasteiger partial charge in [-0.05, 0) is 88.2 Å². The van der Waals surface area contributed by atoms with Crippen molar-refractivity contribution >= 4 is 11.6 Å². The van der Waals surface area contributed by atoms with Crippen molar-refractivity contribution in [2.75, 3.05) is 53.5 Å². The molecule has 0 atom stereocenters. The van der Waals surface area contributed by atoms with Crippen LogP contribution in [0.5, 0.6) is 0 Å². The second-order valence-corrected chi connectivity index (χ2v) is 14.4. The van der Waals surface area contributed by atoms with Crippen LogP contribution >= 0.6 is 0 Å². The molecule has 0 aliphatic heterocycles. The van der Waals surface area contributed by atoms with E-state index in [-0.39, 0.29) is 24.8 Å². The molecule has 0 spiro atoms. The third-order valence-electron chi connectivity index (χ3n) is 9.64. The first-order chi connectivity index (χ1) is 24.4. The highest BCUT2D eigenvalue weighted by atomic mass is 16.5. The molecule has 0 saturated heterocycles. The van der Waals surface area contributed by atoms with Gasteiger partial charge < -0.3 is 19.3 Å². The molecule has 0 radical (unpaired) electrons. The van der Waals surface area contributed by atoms with Gasteiger partial charge in [0, 0.05) is 12.8 Å². The summed E-state index contributed by atoms with van der Waals surface area (Å²) in [6.07, 6.45) is 21.4. The molecule has 0 aliphatic rings. The molecule has 0 fully saturated rings. The number of unbranched alkanes of at least 4 members (excludes halogenated alkanes) is 12. The molecule has 6 nitrogen and oxygen atoms in total. The zero-order valence-electron chi connectivity index (χ0n) is 32.5. The number of ether oxygens (including phenoxy) is 2. The average molecular weight is 693 g/mol. The number of carbonyl (C=O) groups is 2. The van der Waals surface area contributed by atoms with E-state index in [2.05, 4.69) is 62.0 Å². The molecular weight excluding hydrogens is 620 g/mol. The maximum atomic E-state index is 12.6. The SMILES string of the molecule is CCCCCCCCCN(C)CCCC(=O)COCc1ccccc1-c1ccccc1COCC(=O)CCCN(C)CCCCCCCCC. The lowest BCUT2D eigenvalue weighted by Gasteiger charge is -2.16. The minimum atomic E-state index is 0.137. The van der Waals surface area contributed by atoms with E-state index in [4.69, 9.17) is 9.47 Å². The molecule has 50 heavy (non-hydrogen) atoms. The van der Waals surface area contributed by atoms with Crippen LogP contribution in [0.4, 0.5) is 0 Å². The summed E-state index contributed by atoms with van der Waals surface area (Å²) in [5.41, 5.74) is 4.22. The van der Waals surface area contributed by atoms with Gasteiger partial charge in [-0.15, -0.1) is 0 Å². The van der Waals surface area contributed by atoms with Gasteiger partial charge in [-0.3, -0.25) is 9.59 Å². The summed E-state index contributed by atoms with van der Waals surface area (Å²) in [4.78, 5) is 29.9. The third kappa shape index (κ3) is 21.1. The largest absolute Gasteiger partial charge is 0.369 e. The molecule has 0 bridgehead atoms. The van der Waals surface area contributed by atoms with Crippen molar-refractivity contribution in [1.29, 1.82) is 0 Å². The van der Waals surface area contributed by atoms with Crippen LogP contribution in [0.15, 0.2) is 48.5 Å². The Morgan fingerprint density at radius 3 is 1.22 bits per heavy atom. The van der Waals surface area contributed by atoms with Crippen molar-refractivity contribution < 1.29 is 19.1 Å². The van der Waals surface area contributed by atoms with Gasteiger partial charge in [0.05, 0.1) is 13.2 Å². The van der Waals surface area contributed by atoms with Crippen LogP contribution in [0.25, 0.3) is 11.1 Å². The van der Waals surface area contributed by atoms with E-state index >= 15 is 0 Å². The summed E-state index contributed by atoms with van der Waals surface area (Å²) in [5, 5.41) is 0. The lowest BCUT2D eigenvalue weighted by atomic mass is 9.96. The lowest BCUT2D eigenvalue weighted by molar-refractivity contribution is -0.124. The minimum absolute atomic E-state index is 0.137. The van der Waals surface area contributed by atoms with E-state index < -0.39 is 0 Å². The molecule has 0 amide bonds. The molecule has 2 rings (SSSR count). The number of hydrogen-bond acceptors (Lipinski definition) is 6. The number of Topliss-reactive ketones (excluding diaryl/α,β-unsaturated/α-hetero) is 2. The number of nitrogens with zero attached hydrogens (tertiary/aromatic N) is 2. The maximum absolute atomic E-state index is 12.6. The first-order valence-electron chi connectivity index (χ1n) is 20.2. The molecule has 282 valence electrons. The Bertz CT molecular complexity index is 1060. The Balaban J connectivity index is 1.67. The van der Waals surface area contributed by atoms with Crippen LogP contribution in [0.2, 0.25) is 0 Å². The van der Waals surface area contributed by atoms with Crippen molar-refractivity contribution in [3.8, 4) is 11.1 Å². The number of ketones is 2. The first-order valence-corrected chi connectivity index (χ1v) is 20.2. The Labute approximate surface area is 306 Å². The molecule has 0 aliphatic carbocycles. The van der Waals surface area contributed by atoms with E-state index in [1.165, 1.54) is 89.9 Å². The Kier molecular flexibility index (Phi) is 25.6. The van der Waals surface area contributed by atoms with Crippen molar-refractivity contribution in [3.63, 3.8) is 0 Å². The predicted octanol–water partition coefficient (Wildman–Crippen LogP) is 10.5. The monoisotopic (exact) mass is 693 g/mol. The fourth-order valence-corrected chi connectivity index (χ4v) is 6.51. The zero-order valence-corrected chi connectivity index (χ0v) is 32.5. The molecular formula is C44H72N2O4. The lowest BCUT2D eigenvalue weighted by Crippen LogP contribution is -2.22. The Morgan fingerprint density at radius 1 is 0.480 bits per heavy atom. The second kappa shape index (κ2) is 29.2. The van der Waals surface area contributed by atoms with Gasteiger partial charge in [-0.1, -0.05) is 139 Å². The standard InChI is InChI=1S/C44H72N2O4/c1-5-7-9-11-13-15-21-31-45(3)33-23-27-41(47)37-49-35-39-25-17-19-29-43(39)44-30-20-18-26-40(44)36-50-38-42(48)28-24-34-46(4)32-22-16-14-12-10-8-6-2/h17-20,25-26,29-30H,5-16,21-24,27-28,31-38H2,1-4H3. The zero-order chi connectivity index (χ0) is 36.1. The topological polar surface area (TPSA) is 59.1 Å². The molecule has 6 heteroatoms. The number of benzene rings is 2. The summed E-state index contributed by atoms with van der Waals surface area (Å²) < 4.78 is 11.9. The molecule has 2 aromatic carbocycles. The van der Waals surface area contributed by atoms with E-state index in [0.29, 0.717) is 26.1 Å². The minimum Gasteiger partial charge on any atom is -0.369 e. The highest BCUT2D eigenvalue weighted by molar-refractivity contribution is 5.80. The van der Waals surface area contributed by atoms with Crippen LogP contribution < -0.4 is 0 Å². The molecule has 0 aromatic heterocycles. The average Bonchev–Trinajstić information content (AvgIpc) is 3.11. The summed E-state index contributed by atoms with van der Waals surface area (Å²) in [6, 6.07) is 16.4. The summed E-state index contributed by atoms with van der Waals surface area (Å²) in [5.74, 6) is 0.315. The van der Waals surface area contributed by atoms with Crippen molar-refractivity contribution in [3.05, 3.63) is 59.7 Å². The Hall–Kier alpha value is -2.38. The van der Waals surface area contributed by atoms with Gasteiger partial charge in [0.15, 0.2) is 11.6 Å². The van der Waals surface area contributed by atoms with E-state index in [1.807, 2.05) is 24.3 Å². The van der Waals surface area contributed by atoms with Gasteiger partial charge in [-0.2, -0.15) is 0 Å². The predicted molar refractivity (Wildman–Crippen MR) is 211 cm³/mol. The highest BCUT2D eigenvalue weighted by Gasteiger charge is 2.12. The molecule has 0 saturated carbocycles. The second-order valence-electron chi connectivity index (χ2n) is 14.4. The quantitative estimate of drug-likeness (QED) is 0.0694. The summed E-state index contributed by atoms with van der Waals surface area (Å²) in [7, 11) is 4.32. The number of rotatable bonds is 33. The van der Waals surface area contributed by atoms with Crippen LogP contribution in [-0.2, 0) is 32.3 Å². The van der Waals surface area contributed by atoms with Gasteiger partial charge in [0.2, 0.25) is 0 Å². The highest BCUT2D eigenvalue weighted by Crippen LogP contribution is 2.28. The summed E-state index contributed by atoms with van der Waals surface area (Å²) in [6.45, 7) is 9.66. The van der Waals surface area contributed by atoms with E-state index in [9.17, 15) is 9.59 Å². The van der Waals surface area contributed by atoms with Gasteiger partial charge in [-0.25, -0.2) is 0 Å². The van der Waals surface area contributed by atoms with Gasteiger partial charge in [0.25, 0.3) is 0 Å². The van der Waals surface area contributed by atoms with Gasteiger partial charge in [0.1, 0.15) is 13.2 Å². The smallest absolute Gasteiger partial charge is 0.158 e. The first kappa shape index (κ1) is 43.8. The Morgan fingerprint density at radius 2 is 0.820 bits per heavy atom. The normalized spacial score (nSPS) is 11.6. The fraction of sp³-hybridized carbons (Fsp3) is 0.682. The number of carbonyl (C=O) groups excluding carboxylic acids is 2. The molecule has 0 N–H and O–H groups in total. The number of hydrogen-bond donors (Lipinski definition) is 0. The summed E-state index contributed by atoms with van der Waals surface area (Å²) >= 11 is 0. The third-order valence-corrected chi connectivity index (χ3v) is 9.64. The van der Waals surface area contributed by atoms with Crippen LogP contribution in [0.3, 0.4) is 0 Å². The van der Waals surface area contributed by atoms with E-state index in [1.54, 1.807) is 0 Å². The molecule has 0 heterocycles. The van der Waals surface area contributed by atoms with Crippen LogP contribution in [0.1, 0.15) is 141 Å². The van der Waals surface area contributed by atoms with Crippen LogP contribution in [0, 0.1) is 0 Å².